The number of hydrogen-bond acceptors (Lipinski definition) is 2. The molecule has 114 valence electrons. The van der Waals surface area contributed by atoms with Crippen LogP contribution in [-0.2, 0) is 4.79 Å². The maximum atomic E-state index is 12.6. The number of halogens is 7. The maximum Gasteiger partial charge on any atom is 0.421 e. The number of nitriles is 1. The molecule has 0 saturated heterocycles. The molecule has 1 N–H and O–H groups in total. The average Bonchev–Trinajstić information content (AvgIpc) is 2.35. The molecule has 0 saturated carbocycles. The number of carbonyl (C=O) groups is 1. The zero-order valence-corrected chi connectivity index (χ0v) is 11.4. The first-order valence-corrected chi connectivity index (χ1v) is 5.86. The fourth-order valence-electron chi connectivity index (χ4n) is 1.26. The Kier molecular flexibility index (Phi) is 4.57. The van der Waals surface area contributed by atoms with Crippen LogP contribution in [0.3, 0.4) is 0 Å². The van der Waals surface area contributed by atoms with Crippen molar-refractivity contribution in [3.05, 3.63) is 29.8 Å². The van der Waals surface area contributed by atoms with Crippen LogP contribution >= 0.6 is 15.9 Å². The van der Waals surface area contributed by atoms with Gasteiger partial charge in [-0.15, -0.1) is 0 Å². The number of alkyl halides is 7. The van der Waals surface area contributed by atoms with Crippen LogP contribution in [0.4, 0.5) is 32.0 Å². The normalized spacial score (nSPS) is 12.7. The van der Waals surface area contributed by atoms with Crippen molar-refractivity contribution in [2.45, 2.75) is 16.7 Å². The van der Waals surface area contributed by atoms with E-state index in [1.165, 1.54) is 21.2 Å². The molecular formula is C11H5BrF6N2O. The predicted octanol–water partition coefficient (Wildman–Crippen LogP) is 3.76. The largest absolute Gasteiger partial charge is 0.421 e. The van der Waals surface area contributed by atoms with Gasteiger partial charge in [-0.2, -0.15) is 31.6 Å². The van der Waals surface area contributed by atoms with Crippen molar-refractivity contribution in [3.63, 3.8) is 0 Å². The second-order valence-corrected chi connectivity index (χ2v) is 4.99. The van der Waals surface area contributed by atoms with Crippen molar-refractivity contribution < 1.29 is 31.1 Å². The summed E-state index contributed by atoms with van der Waals surface area (Å²) in [7, 11) is 0. The van der Waals surface area contributed by atoms with Gasteiger partial charge in [0.15, 0.2) is 0 Å². The summed E-state index contributed by atoms with van der Waals surface area (Å²) in [6, 6.07) is 5.99. The first-order chi connectivity index (χ1) is 9.43. The SMILES string of the molecule is N#Cc1ccc(NC(=O)C(Br)(C(F)(F)F)C(F)(F)F)cc1. The number of rotatable bonds is 2. The fraction of sp³-hybridized carbons (Fsp3) is 0.273. The van der Waals surface area contributed by atoms with Gasteiger partial charge in [0.1, 0.15) is 0 Å². The van der Waals surface area contributed by atoms with Gasteiger partial charge in [0.2, 0.25) is 0 Å². The number of benzene rings is 1. The van der Waals surface area contributed by atoms with Crippen molar-refractivity contribution in [2.24, 2.45) is 0 Å². The summed E-state index contributed by atoms with van der Waals surface area (Å²) < 4.78 is 70.9. The van der Waals surface area contributed by atoms with Crippen LogP contribution in [0.1, 0.15) is 5.56 Å². The van der Waals surface area contributed by atoms with Crippen molar-refractivity contribution in [3.8, 4) is 6.07 Å². The second-order valence-electron chi connectivity index (χ2n) is 3.80. The molecule has 0 bridgehead atoms. The first-order valence-electron chi connectivity index (χ1n) is 5.07. The predicted molar refractivity (Wildman–Crippen MR) is 63.6 cm³/mol. The first kappa shape index (κ1) is 17.3. The summed E-state index contributed by atoms with van der Waals surface area (Å²) in [6.07, 6.45) is -11.8. The molecule has 1 rings (SSSR count). The lowest BCUT2D eigenvalue weighted by molar-refractivity contribution is -0.253. The highest BCUT2D eigenvalue weighted by molar-refractivity contribution is 9.10. The van der Waals surface area contributed by atoms with E-state index in [1.54, 1.807) is 6.07 Å². The molecule has 10 heteroatoms. The smallest absolute Gasteiger partial charge is 0.324 e. The number of hydrogen-bond donors (Lipinski definition) is 1. The van der Waals surface area contributed by atoms with Crippen LogP contribution in [0.2, 0.25) is 0 Å². The standard InChI is InChI=1S/C11H5BrF6N2O/c12-9(10(13,14)15,11(16,17)18)8(21)20-7-3-1-6(5-19)2-4-7/h1-4H,(H,20,21). The Morgan fingerprint density at radius 3 is 1.81 bits per heavy atom. The van der Waals surface area contributed by atoms with Crippen LogP contribution in [0.5, 0.6) is 0 Å². The summed E-state index contributed by atoms with van der Waals surface area (Å²) in [6.45, 7) is 0. The minimum atomic E-state index is -5.89. The van der Waals surface area contributed by atoms with Gasteiger partial charge in [0, 0.05) is 5.69 Å². The molecule has 0 aliphatic heterocycles. The van der Waals surface area contributed by atoms with Crippen molar-refractivity contribution in [1.29, 1.82) is 5.26 Å². The highest BCUT2D eigenvalue weighted by Crippen LogP contribution is 2.50. The van der Waals surface area contributed by atoms with Crippen LogP contribution < -0.4 is 5.32 Å². The third kappa shape index (κ3) is 3.29. The van der Waals surface area contributed by atoms with E-state index in [2.05, 4.69) is 0 Å². The molecule has 0 atom stereocenters. The van der Waals surface area contributed by atoms with Crippen LogP contribution in [0.25, 0.3) is 0 Å². The van der Waals surface area contributed by atoms with Gasteiger partial charge in [0.05, 0.1) is 11.6 Å². The van der Waals surface area contributed by atoms with Gasteiger partial charge in [0.25, 0.3) is 10.2 Å². The molecule has 0 aromatic heterocycles. The van der Waals surface area contributed by atoms with Crippen molar-refractivity contribution >= 4 is 27.5 Å². The van der Waals surface area contributed by atoms with E-state index in [-0.39, 0.29) is 11.3 Å². The molecular weight excluding hydrogens is 370 g/mol. The van der Waals surface area contributed by atoms with Crippen LogP contribution in [-0.4, -0.2) is 22.6 Å². The monoisotopic (exact) mass is 374 g/mol. The van der Waals surface area contributed by atoms with E-state index in [0.29, 0.717) is 0 Å². The quantitative estimate of drug-likeness (QED) is 0.633. The maximum absolute atomic E-state index is 12.6. The molecule has 1 aromatic rings. The van der Waals surface area contributed by atoms with Gasteiger partial charge < -0.3 is 5.32 Å². The van der Waals surface area contributed by atoms with E-state index in [4.69, 9.17) is 5.26 Å². The summed E-state index contributed by atoms with van der Waals surface area (Å²) >= 11 is 1.46. The molecule has 0 heterocycles. The number of nitrogens with zero attached hydrogens (tertiary/aromatic N) is 1. The average molecular weight is 375 g/mol. The number of anilines is 1. The lowest BCUT2D eigenvalue weighted by Crippen LogP contribution is -2.59. The molecule has 0 radical (unpaired) electrons. The molecule has 1 amide bonds. The van der Waals surface area contributed by atoms with Gasteiger partial charge >= 0.3 is 12.4 Å². The minimum absolute atomic E-state index is 0.129. The highest BCUT2D eigenvalue weighted by atomic mass is 79.9. The molecule has 21 heavy (non-hydrogen) atoms. The van der Waals surface area contributed by atoms with E-state index in [9.17, 15) is 31.1 Å². The minimum Gasteiger partial charge on any atom is -0.324 e. The Morgan fingerprint density at radius 1 is 1.05 bits per heavy atom. The Labute approximate surface area is 122 Å². The van der Waals surface area contributed by atoms with E-state index >= 15 is 0 Å². The molecule has 0 unspecified atom stereocenters. The molecule has 0 spiro atoms. The molecule has 0 aliphatic rings. The Balaban J connectivity index is 3.11. The van der Waals surface area contributed by atoms with Crippen molar-refractivity contribution in [2.75, 3.05) is 5.32 Å². The summed E-state index contributed by atoms with van der Waals surface area (Å²) in [4.78, 5) is 11.4. The molecule has 0 aliphatic carbocycles. The molecule has 3 nitrogen and oxygen atoms in total. The van der Waals surface area contributed by atoms with Gasteiger partial charge in [-0.25, -0.2) is 0 Å². The third-order valence-corrected chi connectivity index (χ3v) is 3.63. The molecule has 0 fully saturated rings. The lowest BCUT2D eigenvalue weighted by atomic mass is 10.1. The zero-order chi connectivity index (χ0) is 16.5. The van der Waals surface area contributed by atoms with E-state index in [0.717, 1.165) is 24.3 Å². The Hall–Kier alpha value is -1.76. The summed E-state index contributed by atoms with van der Waals surface area (Å²) in [5.41, 5.74) is -0.180. The van der Waals surface area contributed by atoms with Gasteiger partial charge in [-0.05, 0) is 24.3 Å². The Morgan fingerprint density at radius 2 is 1.48 bits per heavy atom. The second kappa shape index (κ2) is 5.55. The number of amides is 1. The van der Waals surface area contributed by atoms with Crippen LogP contribution in [0.15, 0.2) is 24.3 Å². The fourth-order valence-corrected chi connectivity index (χ4v) is 1.36. The highest BCUT2D eigenvalue weighted by Gasteiger charge is 2.74. The third-order valence-electron chi connectivity index (χ3n) is 2.37. The lowest BCUT2D eigenvalue weighted by Gasteiger charge is -2.30. The number of carbonyl (C=O) groups excluding carboxylic acids is 1. The number of nitrogens with one attached hydrogen (secondary N) is 1. The van der Waals surface area contributed by atoms with Crippen molar-refractivity contribution in [1.82, 2.24) is 0 Å². The molecule has 1 aromatic carbocycles. The summed E-state index contributed by atoms with van der Waals surface area (Å²) in [5.74, 6) is -2.33. The zero-order valence-electron chi connectivity index (χ0n) is 9.81. The summed E-state index contributed by atoms with van der Waals surface area (Å²) in [5, 5.41) is 10.0. The topological polar surface area (TPSA) is 52.9 Å². The van der Waals surface area contributed by atoms with Crippen LogP contribution in [0, 0.1) is 11.3 Å². The van der Waals surface area contributed by atoms with Gasteiger partial charge in [-0.1, -0.05) is 15.9 Å². The van der Waals surface area contributed by atoms with E-state index in [1.807, 2.05) is 0 Å². The van der Waals surface area contributed by atoms with Gasteiger partial charge in [-0.3, -0.25) is 4.79 Å². The Bertz CT molecular complexity index is 558. The van der Waals surface area contributed by atoms with E-state index < -0.39 is 22.6 Å².